The second kappa shape index (κ2) is 5.54. The van der Waals surface area contributed by atoms with E-state index < -0.39 is 0 Å². The summed E-state index contributed by atoms with van der Waals surface area (Å²) in [6.45, 7) is 6.42. The van der Waals surface area contributed by atoms with Gasteiger partial charge in [-0.25, -0.2) is 9.97 Å². The second-order valence-electron chi connectivity index (χ2n) is 6.78. The molecule has 21 heavy (non-hydrogen) atoms. The van der Waals surface area contributed by atoms with Crippen LogP contribution in [0.1, 0.15) is 43.1 Å². The lowest BCUT2D eigenvalue weighted by Crippen LogP contribution is -2.51. The molecule has 0 saturated carbocycles. The molecule has 5 nitrogen and oxygen atoms in total. The number of nitrogens with one attached hydrogen (secondary N) is 2. The van der Waals surface area contributed by atoms with Gasteiger partial charge >= 0.3 is 0 Å². The van der Waals surface area contributed by atoms with Crippen molar-refractivity contribution in [1.82, 2.24) is 20.6 Å². The minimum atomic E-state index is 0.554. The van der Waals surface area contributed by atoms with Gasteiger partial charge in [0.2, 0.25) is 0 Å². The highest BCUT2D eigenvalue weighted by molar-refractivity contribution is 5.42. The first kappa shape index (κ1) is 13.5. The van der Waals surface area contributed by atoms with Crippen LogP contribution >= 0.6 is 0 Å². The van der Waals surface area contributed by atoms with Gasteiger partial charge in [-0.05, 0) is 39.2 Å². The summed E-state index contributed by atoms with van der Waals surface area (Å²) in [4.78, 5) is 11.9. The fraction of sp³-hybridized carbons (Fsp3) is 0.750. The molecule has 3 fully saturated rings. The number of hydrogen-bond donors (Lipinski definition) is 2. The molecule has 3 aliphatic heterocycles. The summed E-state index contributed by atoms with van der Waals surface area (Å²) in [5.74, 6) is 2.61. The van der Waals surface area contributed by atoms with E-state index in [0.717, 1.165) is 37.8 Å². The van der Waals surface area contributed by atoms with Gasteiger partial charge < -0.3 is 15.5 Å². The Hall–Kier alpha value is -1.20. The van der Waals surface area contributed by atoms with Crippen LogP contribution in [0.4, 0.5) is 5.82 Å². The summed E-state index contributed by atoms with van der Waals surface area (Å²) < 4.78 is 0. The third kappa shape index (κ3) is 2.77. The summed E-state index contributed by atoms with van der Waals surface area (Å²) in [6.07, 6.45) is 5.12. The van der Waals surface area contributed by atoms with Gasteiger partial charge in [-0.1, -0.05) is 0 Å². The van der Waals surface area contributed by atoms with Crippen LogP contribution in [-0.4, -0.2) is 48.2 Å². The van der Waals surface area contributed by atoms with E-state index in [1.165, 1.54) is 31.4 Å². The third-order valence-corrected chi connectivity index (χ3v) is 5.10. The molecule has 5 heteroatoms. The lowest BCUT2D eigenvalue weighted by molar-refractivity contribution is 0.450. The lowest BCUT2D eigenvalue weighted by atomic mass is 9.96. The molecular formula is C16H25N5. The Morgan fingerprint density at radius 1 is 1.14 bits per heavy atom. The predicted molar refractivity (Wildman–Crippen MR) is 83.8 cm³/mol. The number of aryl methyl sites for hydroxylation is 1. The molecule has 3 saturated heterocycles. The number of piperazine rings is 1. The van der Waals surface area contributed by atoms with Crippen molar-refractivity contribution in [3.05, 3.63) is 17.6 Å². The molecule has 3 atom stereocenters. The first-order valence-corrected chi connectivity index (χ1v) is 8.35. The van der Waals surface area contributed by atoms with Gasteiger partial charge in [0.25, 0.3) is 0 Å². The molecule has 0 radical (unpaired) electrons. The highest BCUT2D eigenvalue weighted by atomic mass is 15.3. The molecular weight excluding hydrogens is 262 g/mol. The van der Waals surface area contributed by atoms with Crippen molar-refractivity contribution in [2.24, 2.45) is 0 Å². The molecule has 4 heterocycles. The molecule has 1 aromatic rings. The van der Waals surface area contributed by atoms with Crippen molar-refractivity contribution in [2.75, 3.05) is 31.1 Å². The zero-order chi connectivity index (χ0) is 14.2. The van der Waals surface area contributed by atoms with Gasteiger partial charge in [-0.2, -0.15) is 0 Å². The van der Waals surface area contributed by atoms with Crippen LogP contribution in [0.25, 0.3) is 0 Å². The maximum absolute atomic E-state index is 4.72. The van der Waals surface area contributed by atoms with Crippen molar-refractivity contribution < 1.29 is 0 Å². The Kier molecular flexibility index (Phi) is 3.55. The maximum atomic E-state index is 4.72. The minimum absolute atomic E-state index is 0.554. The summed E-state index contributed by atoms with van der Waals surface area (Å²) in [5.41, 5.74) is 1.23. The van der Waals surface area contributed by atoms with E-state index in [1.54, 1.807) is 0 Å². The topological polar surface area (TPSA) is 53.1 Å². The number of piperidine rings is 1. The van der Waals surface area contributed by atoms with E-state index in [4.69, 9.17) is 9.97 Å². The van der Waals surface area contributed by atoms with E-state index in [9.17, 15) is 0 Å². The zero-order valence-corrected chi connectivity index (χ0v) is 12.8. The molecule has 3 aliphatic rings. The molecule has 0 unspecified atom stereocenters. The van der Waals surface area contributed by atoms with E-state index in [-0.39, 0.29) is 0 Å². The van der Waals surface area contributed by atoms with E-state index >= 15 is 0 Å². The molecule has 0 amide bonds. The molecule has 0 aromatic carbocycles. The molecule has 1 aromatic heterocycles. The number of anilines is 1. The Morgan fingerprint density at radius 3 is 2.67 bits per heavy atom. The lowest BCUT2D eigenvalue weighted by Gasteiger charge is -2.34. The fourth-order valence-electron chi connectivity index (χ4n) is 4.03. The van der Waals surface area contributed by atoms with Crippen molar-refractivity contribution in [3.63, 3.8) is 0 Å². The van der Waals surface area contributed by atoms with E-state index in [1.807, 2.05) is 6.92 Å². The van der Waals surface area contributed by atoms with Crippen LogP contribution < -0.4 is 15.5 Å². The van der Waals surface area contributed by atoms with Gasteiger partial charge in [0.15, 0.2) is 0 Å². The molecule has 2 bridgehead atoms. The third-order valence-electron chi connectivity index (χ3n) is 5.10. The quantitative estimate of drug-likeness (QED) is 0.856. The fourth-order valence-corrected chi connectivity index (χ4v) is 4.03. The van der Waals surface area contributed by atoms with Crippen LogP contribution in [-0.2, 0) is 0 Å². The Balaban J connectivity index is 1.58. The van der Waals surface area contributed by atoms with Crippen LogP contribution in [0, 0.1) is 6.92 Å². The Bertz CT molecular complexity index is 499. The number of aromatic nitrogens is 2. The van der Waals surface area contributed by atoms with E-state index in [0.29, 0.717) is 18.0 Å². The zero-order valence-electron chi connectivity index (χ0n) is 12.8. The summed E-state index contributed by atoms with van der Waals surface area (Å²) in [5, 5.41) is 7.18. The summed E-state index contributed by atoms with van der Waals surface area (Å²) in [7, 11) is 0. The Morgan fingerprint density at radius 2 is 1.95 bits per heavy atom. The van der Waals surface area contributed by atoms with Gasteiger partial charge in [0, 0.05) is 43.7 Å². The number of fused-ring (bicyclic) bond motifs is 2. The summed E-state index contributed by atoms with van der Waals surface area (Å²) in [6, 6.07) is 3.55. The molecule has 0 spiro atoms. The largest absolute Gasteiger partial charge is 0.353 e. The Labute approximate surface area is 126 Å². The number of rotatable bonds is 2. The minimum Gasteiger partial charge on any atom is -0.353 e. The van der Waals surface area contributed by atoms with Crippen LogP contribution in [0.15, 0.2) is 6.07 Å². The monoisotopic (exact) mass is 287 g/mol. The SMILES string of the molecule is Cc1nc([C@H]2CCCNC2)cc(N2C[C@H]3CC[C@@H](C2)N3)n1. The maximum Gasteiger partial charge on any atom is 0.132 e. The highest BCUT2D eigenvalue weighted by Crippen LogP contribution is 2.27. The number of nitrogens with zero attached hydrogens (tertiary/aromatic N) is 3. The van der Waals surface area contributed by atoms with Crippen LogP contribution in [0.2, 0.25) is 0 Å². The van der Waals surface area contributed by atoms with Crippen LogP contribution in [0.3, 0.4) is 0 Å². The normalized spacial score (nSPS) is 32.4. The van der Waals surface area contributed by atoms with Gasteiger partial charge in [0.05, 0.1) is 5.69 Å². The molecule has 0 aliphatic carbocycles. The smallest absolute Gasteiger partial charge is 0.132 e. The predicted octanol–water partition coefficient (Wildman–Crippen LogP) is 1.19. The molecule has 4 rings (SSSR count). The summed E-state index contributed by atoms with van der Waals surface area (Å²) >= 11 is 0. The average Bonchev–Trinajstić information content (AvgIpc) is 2.86. The van der Waals surface area contributed by atoms with Gasteiger partial charge in [-0.3, -0.25) is 0 Å². The van der Waals surface area contributed by atoms with Crippen molar-refractivity contribution >= 4 is 5.82 Å². The molecule has 114 valence electrons. The standard InChI is InChI=1S/C16H25N5/c1-11-18-15(12-3-2-6-17-8-12)7-16(19-11)21-9-13-4-5-14(10-21)20-13/h7,12-14,17,20H,2-6,8-10H2,1H3/t12-,13-,14+/m0/s1. The first-order chi connectivity index (χ1) is 10.3. The van der Waals surface area contributed by atoms with Crippen molar-refractivity contribution in [2.45, 2.75) is 50.6 Å². The van der Waals surface area contributed by atoms with E-state index in [2.05, 4.69) is 21.6 Å². The highest BCUT2D eigenvalue weighted by Gasteiger charge is 2.33. The first-order valence-electron chi connectivity index (χ1n) is 8.35. The van der Waals surface area contributed by atoms with Crippen molar-refractivity contribution in [1.29, 1.82) is 0 Å². The molecule has 2 N–H and O–H groups in total. The van der Waals surface area contributed by atoms with Gasteiger partial charge in [-0.15, -0.1) is 0 Å². The van der Waals surface area contributed by atoms with Gasteiger partial charge in [0.1, 0.15) is 11.6 Å². The number of hydrogen-bond acceptors (Lipinski definition) is 5. The average molecular weight is 287 g/mol. The second-order valence-corrected chi connectivity index (χ2v) is 6.78. The van der Waals surface area contributed by atoms with Crippen LogP contribution in [0.5, 0.6) is 0 Å². The van der Waals surface area contributed by atoms with Crippen molar-refractivity contribution in [3.8, 4) is 0 Å².